The molecule has 3 unspecified atom stereocenters. The van der Waals surface area contributed by atoms with Crippen LogP contribution in [-0.4, -0.2) is 73.4 Å². The first-order valence-corrected chi connectivity index (χ1v) is 23.7. The topological polar surface area (TPSA) is 105 Å². The van der Waals surface area contributed by atoms with Crippen molar-refractivity contribution < 1.29 is 32.9 Å². The SMILES string of the molecule is CC/C=C\C/C=C\C/C=C\C/C=C\CCCCCCCCCCCCC(=O)NC(COP(=O)(O)OCC[N+](C)(C)C)C(O)/C=C/CCCCCCCCCC. The number of likely N-dealkylation sites (N-methyl/N-ethyl adjacent to an activating group) is 1. The molecule has 0 rings (SSSR count). The molecule has 0 bridgehead atoms. The van der Waals surface area contributed by atoms with Crippen molar-refractivity contribution in [1.29, 1.82) is 0 Å². The molecule has 0 radical (unpaired) electrons. The number of phosphoric acid groups is 1. The average Bonchev–Trinajstić information content (AvgIpc) is 3.13. The summed E-state index contributed by atoms with van der Waals surface area (Å²) in [6.07, 6.45) is 48.6. The first-order chi connectivity index (χ1) is 26.5. The molecule has 0 fully saturated rings. The Morgan fingerprint density at radius 1 is 0.636 bits per heavy atom. The van der Waals surface area contributed by atoms with E-state index in [-0.39, 0.29) is 19.1 Å². The highest BCUT2D eigenvalue weighted by Gasteiger charge is 2.27. The zero-order valence-electron chi connectivity index (χ0n) is 36.1. The summed E-state index contributed by atoms with van der Waals surface area (Å²) in [7, 11) is 1.56. The van der Waals surface area contributed by atoms with Gasteiger partial charge in [-0.25, -0.2) is 4.57 Å². The van der Waals surface area contributed by atoms with Crippen molar-refractivity contribution in [3.05, 3.63) is 60.8 Å². The van der Waals surface area contributed by atoms with Crippen LogP contribution in [0, 0.1) is 0 Å². The number of amides is 1. The highest BCUT2D eigenvalue weighted by molar-refractivity contribution is 7.47. The number of quaternary nitrogens is 1. The lowest BCUT2D eigenvalue weighted by molar-refractivity contribution is -0.870. The minimum atomic E-state index is -4.33. The van der Waals surface area contributed by atoms with Crippen molar-refractivity contribution in [1.82, 2.24) is 5.32 Å². The molecule has 0 aromatic carbocycles. The molecule has 0 aromatic rings. The molecule has 55 heavy (non-hydrogen) atoms. The van der Waals surface area contributed by atoms with Crippen molar-refractivity contribution >= 4 is 13.7 Å². The van der Waals surface area contributed by atoms with Gasteiger partial charge in [-0.05, 0) is 57.8 Å². The van der Waals surface area contributed by atoms with E-state index in [1.807, 2.05) is 27.2 Å². The van der Waals surface area contributed by atoms with Gasteiger partial charge in [0.15, 0.2) is 0 Å². The van der Waals surface area contributed by atoms with Crippen LogP contribution in [0.2, 0.25) is 0 Å². The highest BCUT2D eigenvalue weighted by Crippen LogP contribution is 2.43. The Balaban J connectivity index is 4.29. The monoisotopic (exact) mass is 794 g/mol. The maximum absolute atomic E-state index is 12.8. The quantitative estimate of drug-likeness (QED) is 0.0248. The lowest BCUT2D eigenvalue weighted by atomic mass is 10.0. The molecular weight excluding hydrogens is 707 g/mol. The minimum absolute atomic E-state index is 0.0582. The molecule has 0 saturated heterocycles. The van der Waals surface area contributed by atoms with E-state index in [2.05, 4.69) is 67.8 Å². The predicted octanol–water partition coefficient (Wildman–Crippen LogP) is 12.2. The normalized spacial score (nSPS) is 15.0. The van der Waals surface area contributed by atoms with Crippen LogP contribution in [0.4, 0.5) is 0 Å². The molecule has 1 amide bonds. The smallest absolute Gasteiger partial charge is 0.387 e. The summed E-state index contributed by atoms with van der Waals surface area (Å²) in [5.74, 6) is -0.187. The zero-order chi connectivity index (χ0) is 40.7. The molecule has 0 spiro atoms. The van der Waals surface area contributed by atoms with E-state index in [0.717, 1.165) is 64.2 Å². The Bertz CT molecular complexity index is 1080. The molecule has 0 aromatic heterocycles. The fourth-order valence-corrected chi connectivity index (χ4v) is 6.71. The number of carbonyl (C=O) groups excluding carboxylic acids is 1. The van der Waals surface area contributed by atoms with Crippen molar-refractivity contribution in [2.24, 2.45) is 0 Å². The molecule has 320 valence electrons. The summed E-state index contributed by atoms with van der Waals surface area (Å²) < 4.78 is 23.5. The van der Waals surface area contributed by atoms with Gasteiger partial charge in [0.2, 0.25) is 5.91 Å². The molecule has 8 nitrogen and oxygen atoms in total. The van der Waals surface area contributed by atoms with Gasteiger partial charge in [0.1, 0.15) is 13.2 Å². The van der Waals surface area contributed by atoms with Crippen molar-refractivity contribution in [2.45, 2.75) is 187 Å². The number of aliphatic hydroxyl groups is 1. The van der Waals surface area contributed by atoms with Crippen LogP contribution in [0.5, 0.6) is 0 Å². The third-order valence-corrected chi connectivity index (χ3v) is 10.5. The summed E-state index contributed by atoms with van der Waals surface area (Å²) in [5.41, 5.74) is 0. The first kappa shape index (κ1) is 53.2. The number of allylic oxidation sites excluding steroid dienone is 9. The predicted molar refractivity (Wildman–Crippen MR) is 235 cm³/mol. The number of phosphoric ester groups is 1. The van der Waals surface area contributed by atoms with Crippen LogP contribution >= 0.6 is 7.82 Å². The molecular formula is C46H86N2O6P+. The first-order valence-electron chi connectivity index (χ1n) is 22.2. The van der Waals surface area contributed by atoms with Gasteiger partial charge in [-0.1, -0.05) is 171 Å². The Morgan fingerprint density at radius 2 is 1.09 bits per heavy atom. The number of hydrogen-bond donors (Lipinski definition) is 3. The van der Waals surface area contributed by atoms with Crippen LogP contribution in [0.25, 0.3) is 0 Å². The van der Waals surface area contributed by atoms with E-state index < -0.39 is 20.0 Å². The van der Waals surface area contributed by atoms with Crippen LogP contribution in [0.3, 0.4) is 0 Å². The zero-order valence-corrected chi connectivity index (χ0v) is 37.0. The molecule has 0 aliphatic heterocycles. The van der Waals surface area contributed by atoms with Gasteiger partial charge in [0.25, 0.3) is 0 Å². The van der Waals surface area contributed by atoms with Crippen LogP contribution in [-0.2, 0) is 18.4 Å². The number of unbranched alkanes of at least 4 members (excludes halogenated alkanes) is 18. The highest BCUT2D eigenvalue weighted by atomic mass is 31.2. The Morgan fingerprint density at radius 3 is 1.60 bits per heavy atom. The molecule has 0 saturated carbocycles. The number of nitrogens with one attached hydrogen (secondary N) is 1. The summed E-state index contributed by atoms with van der Waals surface area (Å²) >= 11 is 0. The number of rotatable bonds is 39. The second-order valence-corrected chi connectivity index (χ2v) is 17.5. The van der Waals surface area contributed by atoms with Crippen molar-refractivity contribution in [3.8, 4) is 0 Å². The molecule has 3 atom stereocenters. The van der Waals surface area contributed by atoms with E-state index >= 15 is 0 Å². The summed E-state index contributed by atoms with van der Waals surface area (Å²) in [5, 5.41) is 13.8. The second-order valence-electron chi connectivity index (χ2n) is 16.0. The van der Waals surface area contributed by atoms with Crippen LogP contribution in [0.15, 0.2) is 60.8 Å². The summed E-state index contributed by atoms with van der Waals surface area (Å²) in [6.45, 7) is 4.66. The van der Waals surface area contributed by atoms with Gasteiger partial charge >= 0.3 is 7.82 Å². The van der Waals surface area contributed by atoms with E-state index in [1.54, 1.807) is 6.08 Å². The van der Waals surface area contributed by atoms with Gasteiger partial charge in [0.05, 0.1) is 39.9 Å². The number of aliphatic hydroxyl groups excluding tert-OH is 1. The van der Waals surface area contributed by atoms with E-state index in [1.165, 1.54) is 89.9 Å². The van der Waals surface area contributed by atoms with E-state index in [9.17, 15) is 19.4 Å². The van der Waals surface area contributed by atoms with Crippen molar-refractivity contribution in [2.75, 3.05) is 40.9 Å². The largest absolute Gasteiger partial charge is 0.472 e. The van der Waals surface area contributed by atoms with Gasteiger partial charge < -0.3 is 19.8 Å². The summed E-state index contributed by atoms with van der Waals surface area (Å²) in [4.78, 5) is 23.1. The second kappa shape index (κ2) is 37.8. The van der Waals surface area contributed by atoms with Crippen molar-refractivity contribution in [3.63, 3.8) is 0 Å². The summed E-state index contributed by atoms with van der Waals surface area (Å²) in [6, 6.07) is -0.848. The lowest BCUT2D eigenvalue weighted by Gasteiger charge is -2.25. The molecule has 3 N–H and O–H groups in total. The third-order valence-electron chi connectivity index (χ3n) is 9.49. The average molecular weight is 794 g/mol. The Hall–Kier alpha value is -1.80. The van der Waals surface area contributed by atoms with Crippen LogP contribution < -0.4 is 5.32 Å². The minimum Gasteiger partial charge on any atom is -0.387 e. The maximum Gasteiger partial charge on any atom is 0.472 e. The van der Waals surface area contributed by atoms with Crippen LogP contribution in [0.1, 0.15) is 174 Å². The molecule has 0 aliphatic carbocycles. The fraction of sp³-hybridized carbons (Fsp3) is 0.761. The van der Waals surface area contributed by atoms with Gasteiger partial charge in [-0.3, -0.25) is 13.8 Å². The molecule has 0 heterocycles. The number of carbonyl (C=O) groups is 1. The Labute approximate surface area is 339 Å². The Kier molecular flexibility index (Phi) is 36.5. The maximum atomic E-state index is 12.8. The molecule has 0 aliphatic rings. The van der Waals surface area contributed by atoms with Gasteiger partial charge in [-0.2, -0.15) is 0 Å². The van der Waals surface area contributed by atoms with E-state index in [4.69, 9.17) is 9.05 Å². The number of hydrogen-bond acceptors (Lipinski definition) is 5. The molecule has 9 heteroatoms. The third kappa shape index (κ3) is 40.2. The lowest BCUT2D eigenvalue weighted by Crippen LogP contribution is -2.45. The standard InChI is InChI=1S/C46H85N2O6P/c1-6-8-10-12-14-16-18-19-20-21-22-23-24-25-26-27-28-29-30-32-34-36-38-40-46(50)47-44(43-54-55(51,52)53-42-41-48(3,4)5)45(49)39-37-35-33-31-17-15-13-11-9-7-2/h8,10,14,16,19-20,22-23,37,39,44-45,49H,6-7,9,11-13,15,17-18,21,24-36,38,40-43H2,1-5H3,(H-,47,50,51,52)/p+1/b10-8-,16-14-,20-19-,23-22-,39-37+. The van der Waals surface area contributed by atoms with E-state index in [0.29, 0.717) is 17.4 Å². The van der Waals surface area contributed by atoms with Gasteiger partial charge in [0, 0.05) is 6.42 Å². The van der Waals surface area contributed by atoms with Gasteiger partial charge in [-0.15, -0.1) is 0 Å². The number of nitrogens with zero attached hydrogens (tertiary/aromatic N) is 1. The fourth-order valence-electron chi connectivity index (χ4n) is 5.97.